The van der Waals surface area contributed by atoms with E-state index in [4.69, 9.17) is 19.3 Å². The molecule has 0 radical (unpaired) electrons. The lowest BCUT2D eigenvalue weighted by Gasteiger charge is -2.22. The fraction of sp³-hybridized carbons (Fsp3) is 0.471. The minimum absolute atomic E-state index is 0.0606. The first kappa shape index (κ1) is 20.3. The molecule has 0 saturated carbocycles. The first-order valence-corrected chi connectivity index (χ1v) is 7.61. The Morgan fingerprint density at radius 2 is 1.76 bits per heavy atom. The predicted octanol–water partition coefficient (Wildman–Crippen LogP) is 2.11. The van der Waals surface area contributed by atoms with Gasteiger partial charge in [-0.05, 0) is 38.5 Å². The lowest BCUT2D eigenvalue weighted by atomic mass is 10.2. The van der Waals surface area contributed by atoms with Gasteiger partial charge in [-0.1, -0.05) is 12.1 Å². The zero-order chi connectivity index (χ0) is 19.0. The van der Waals surface area contributed by atoms with Crippen molar-refractivity contribution in [1.29, 1.82) is 0 Å². The highest BCUT2D eigenvalue weighted by Gasteiger charge is 2.27. The van der Waals surface area contributed by atoms with Crippen LogP contribution in [0.1, 0.15) is 32.8 Å². The van der Waals surface area contributed by atoms with Gasteiger partial charge in [0.05, 0.1) is 13.5 Å². The van der Waals surface area contributed by atoms with Gasteiger partial charge in [0.15, 0.2) is 0 Å². The van der Waals surface area contributed by atoms with E-state index in [1.165, 1.54) is 7.11 Å². The fourth-order valence-electron chi connectivity index (χ4n) is 1.79. The van der Waals surface area contributed by atoms with E-state index in [0.717, 1.165) is 0 Å². The number of alkyl carbamates (subject to hydrolysis) is 1. The molecule has 0 aliphatic carbocycles. The number of amides is 1. The molecule has 0 aliphatic heterocycles. The molecule has 25 heavy (non-hydrogen) atoms. The van der Waals surface area contributed by atoms with E-state index in [9.17, 15) is 14.4 Å². The molecule has 0 fully saturated rings. The highest BCUT2D eigenvalue weighted by atomic mass is 16.6. The summed E-state index contributed by atoms with van der Waals surface area (Å²) in [6.07, 6.45) is -1.50. The minimum atomic E-state index is -1.34. The topological polar surface area (TPSA) is 111 Å². The van der Waals surface area contributed by atoms with Crippen LogP contribution in [0.5, 0.6) is 5.75 Å². The first-order valence-electron chi connectivity index (χ1n) is 7.61. The monoisotopic (exact) mass is 353 g/mol. The Kier molecular flexibility index (Phi) is 7.22. The number of carboxylic acid groups (broad SMARTS) is 1. The van der Waals surface area contributed by atoms with Crippen molar-refractivity contribution < 1.29 is 33.7 Å². The van der Waals surface area contributed by atoms with Gasteiger partial charge in [0.25, 0.3) is 0 Å². The van der Waals surface area contributed by atoms with E-state index >= 15 is 0 Å². The van der Waals surface area contributed by atoms with E-state index in [2.05, 4.69) is 5.32 Å². The van der Waals surface area contributed by atoms with E-state index in [1.807, 2.05) is 0 Å². The molecule has 1 atom stereocenters. The van der Waals surface area contributed by atoms with Gasteiger partial charge in [0.1, 0.15) is 24.0 Å². The number of carbonyl (C=O) groups excluding carboxylic acids is 2. The molecule has 0 heterocycles. The molecule has 0 saturated heterocycles. The summed E-state index contributed by atoms with van der Waals surface area (Å²) in [7, 11) is 1.54. The van der Waals surface area contributed by atoms with E-state index in [-0.39, 0.29) is 6.61 Å². The molecular weight excluding hydrogens is 330 g/mol. The zero-order valence-corrected chi connectivity index (χ0v) is 14.7. The molecule has 8 heteroatoms. The van der Waals surface area contributed by atoms with Gasteiger partial charge in [-0.25, -0.2) is 9.59 Å². The molecule has 1 aromatic carbocycles. The van der Waals surface area contributed by atoms with Crippen molar-refractivity contribution in [3.05, 3.63) is 29.8 Å². The summed E-state index contributed by atoms with van der Waals surface area (Å²) in [5, 5.41) is 11.1. The minimum Gasteiger partial charge on any atom is -0.497 e. The molecule has 2 N–H and O–H groups in total. The predicted molar refractivity (Wildman–Crippen MR) is 88.2 cm³/mol. The van der Waals surface area contributed by atoms with Crippen LogP contribution < -0.4 is 10.1 Å². The summed E-state index contributed by atoms with van der Waals surface area (Å²) in [5.74, 6) is -1.45. The Morgan fingerprint density at radius 1 is 1.16 bits per heavy atom. The van der Waals surface area contributed by atoms with Crippen LogP contribution in [0.3, 0.4) is 0 Å². The number of ether oxygens (including phenoxy) is 3. The molecule has 8 nitrogen and oxygen atoms in total. The Balaban J connectivity index is 2.65. The van der Waals surface area contributed by atoms with Gasteiger partial charge in [-0.3, -0.25) is 4.79 Å². The third-order valence-electron chi connectivity index (χ3n) is 2.89. The summed E-state index contributed by atoms with van der Waals surface area (Å²) >= 11 is 0. The number of hydrogen-bond donors (Lipinski definition) is 2. The first-order chi connectivity index (χ1) is 11.6. The molecule has 1 aromatic rings. The normalized spacial score (nSPS) is 12.0. The van der Waals surface area contributed by atoms with Crippen molar-refractivity contribution >= 4 is 18.0 Å². The van der Waals surface area contributed by atoms with Crippen molar-refractivity contribution in [3.63, 3.8) is 0 Å². The maximum Gasteiger partial charge on any atom is 0.408 e. The van der Waals surface area contributed by atoms with Gasteiger partial charge in [-0.15, -0.1) is 0 Å². The Hall–Kier alpha value is -2.77. The van der Waals surface area contributed by atoms with Crippen LogP contribution in [0.25, 0.3) is 0 Å². The van der Waals surface area contributed by atoms with Gasteiger partial charge in [0.2, 0.25) is 0 Å². The molecule has 1 amide bonds. The summed E-state index contributed by atoms with van der Waals surface area (Å²) in [6, 6.07) is 5.48. The van der Waals surface area contributed by atoms with Crippen molar-refractivity contribution in [2.45, 2.75) is 45.4 Å². The van der Waals surface area contributed by atoms with Crippen LogP contribution in [0, 0.1) is 0 Å². The van der Waals surface area contributed by atoms with Crippen LogP contribution in [0.15, 0.2) is 24.3 Å². The summed E-state index contributed by atoms with van der Waals surface area (Å²) in [4.78, 5) is 34.8. The lowest BCUT2D eigenvalue weighted by molar-refractivity contribution is -0.151. The van der Waals surface area contributed by atoms with Gasteiger partial charge in [-0.2, -0.15) is 0 Å². The van der Waals surface area contributed by atoms with Crippen LogP contribution >= 0.6 is 0 Å². The van der Waals surface area contributed by atoms with Crippen LogP contribution in [-0.2, 0) is 25.7 Å². The standard InChI is InChI=1S/C17H23NO7/c1-17(2,3)25-16(22)18-13(9-14(19)20)15(21)24-10-11-5-7-12(23-4)8-6-11/h5-8,13H,9-10H2,1-4H3,(H,18,22)(H,19,20)/t13-/m0/s1. The quantitative estimate of drug-likeness (QED) is 0.722. The van der Waals surface area contributed by atoms with Crippen molar-refractivity contribution in [1.82, 2.24) is 5.32 Å². The zero-order valence-electron chi connectivity index (χ0n) is 14.7. The number of hydrogen-bond acceptors (Lipinski definition) is 6. The maximum absolute atomic E-state index is 12.1. The smallest absolute Gasteiger partial charge is 0.408 e. The molecule has 138 valence electrons. The summed E-state index contributed by atoms with van der Waals surface area (Å²) in [5.41, 5.74) is -0.0781. The SMILES string of the molecule is COc1ccc(COC(=O)[C@H](CC(=O)O)NC(=O)OC(C)(C)C)cc1. The largest absolute Gasteiger partial charge is 0.497 e. The third-order valence-corrected chi connectivity index (χ3v) is 2.89. The van der Waals surface area contributed by atoms with Gasteiger partial charge >= 0.3 is 18.0 Å². The number of benzene rings is 1. The molecule has 0 bridgehead atoms. The lowest BCUT2D eigenvalue weighted by Crippen LogP contribution is -2.45. The van der Waals surface area contributed by atoms with E-state index in [0.29, 0.717) is 11.3 Å². The summed E-state index contributed by atoms with van der Waals surface area (Å²) < 4.78 is 15.1. The van der Waals surface area contributed by atoms with E-state index < -0.39 is 36.1 Å². The molecule has 0 unspecified atom stereocenters. The molecule has 0 spiro atoms. The summed E-state index contributed by atoms with van der Waals surface area (Å²) in [6.45, 7) is 4.90. The van der Waals surface area contributed by atoms with Crippen molar-refractivity contribution in [3.8, 4) is 5.75 Å². The van der Waals surface area contributed by atoms with E-state index in [1.54, 1.807) is 45.0 Å². The van der Waals surface area contributed by atoms with Gasteiger partial charge < -0.3 is 24.6 Å². The van der Waals surface area contributed by atoms with Crippen LogP contribution in [0.4, 0.5) is 4.79 Å². The average Bonchev–Trinajstić information content (AvgIpc) is 2.50. The number of carbonyl (C=O) groups is 3. The number of nitrogens with one attached hydrogen (secondary N) is 1. The second-order valence-corrected chi connectivity index (χ2v) is 6.25. The number of aliphatic carboxylic acids is 1. The fourth-order valence-corrected chi connectivity index (χ4v) is 1.79. The number of methoxy groups -OCH3 is 1. The van der Waals surface area contributed by atoms with Crippen LogP contribution in [-0.4, -0.2) is 41.9 Å². The molecule has 0 aromatic heterocycles. The Morgan fingerprint density at radius 3 is 2.24 bits per heavy atom. The maximum atomic E-state index is 12.1. The second-order valence-electron chi connectivity index (χ2n) is 6.25. The third kappa shape index (κ3) is 8.05. The molecule has 1 rings (SSSR count). The molecular formula is C17H23NO7. The van der Waals surface area contributed by atoms with Crippen LogP contribution in [0.2, 0.25) is 0 Å². The average molecular weight is 353 g/mol. The van der Waals surface area contributed by atoms with Crippen molar-refractivity contribution in [2.75, 3.05) is 7.11 Å². The number of carboxylic acids is 1. The highest BCUT2D eigenvalue weighted by molar-refractivity contribution is 5.85. The van der Waals surface area contributed by atoms with Crippen molar-refractivity contribution in [2.24, 2.45) is 0 Å². The number of rotatable bonds is 7. The van der Waals surface area contributed by atoms with Gasteiger partial charge in [0, 0.05) is 0 Å². The Bertz CT molecular complexity index is 604. The Labute approximate surface area is 146 Å². The second kappa shape index (κ2) is 8.91. The number of esters is 1. The molecule has 0 aliphatic rings. The highest BCUT2D eigenvalue weighted by Crippen LogP contribution is 2.13.